The number of phenols is 1. The summed E-state index contributed by atoms with van der Waals surface area (Å²) >= 11 is 0. The van der Waals surface area contributed by atoms with Gasteiger partial charge in [-0.2, -0.15) is 5.10 Å². The van der Waals surface area contributed by atoms with E-state index in [2.05, 4.69) is 15.2 Å². The number of nitro groups is 1. The predicted octanol–water partition coefficient (Wildman–Crippen LogP) is 2.76. The van der Waals surface area contributed by atoms with E-state index >= 15 is 0 Å². The molecular formula is C15H12N4O4. The van der Waals surface area contributed by atoms with E-state index in [9.17, 15) is 15.2 Å². The zero-order chi connectivity index (χ0) is 16.4. The van der Waals surface area contributed by atoms with Gasteiger partial charge in [0.2, 0.25) is 0 Å². The minimum atomic E-state index is -0.486. The number of H-pyrrole nitrogens is 1. The summed E-state index contributed by atoms with van der Waals surface area (Å²) in [5.74, 6) is 1.36. The molecule has 0 aliphatic rings. The number of aromatic hydroxyl groups is 1. The maximum absolute atomic E-state index is 10.9. The molecule has 3 rings (SSSR count). The number of methoxy groups -OCH3 is 1. The van der Waals surface area contributed by atoms with Gasteiger partial charge >= 0.3 is 0 Å². The summed E-state index contributed by atoms with van der Waals surface area (Å²) in [6.45, 7) is 0. The Labute approximate surface area is 130 Å². The second-order valence-corrected chi connectivity index (χ2v) is 4.70. The summed E-state index contributed by atoms with van der Waals surface area (Å²) in [7, 11) is 1.47. The van der Waals surface area contributed by atoms with Gasteiger partial charge in [-0.3, -0.25) is 15.2 Å². The highest BCUT2D eigenvalue weighted by Gasteiger charge is 2.16. The van der Waals surface area contributed by atoms with E-state index in [1.165, 1.54) is 37.4 Å². The van der Waals surface area contributed by atoms with Crippen LogP contribution in [0.3, 0.4) is 0 Å². The molecule has 0 aliphatic heterocycles. The molecule has 0 bridgehead atoms. The molecule has 23 heavy (non-hydrogen) atoms. The molecular weight excluding hydrogens is 300 g/mol. The third-order valence-electron chi connectivity index (χ3n) is 3.26. The first-order valence-electron chi connectivity index (χ1n) is 6.63. The molecule has 0 radical (unpaired) electrons. The molecule has 116 valence electrons. The van der Waals surface area contributed by atoms with Crippen molar-refractivity contribution in [1.82, 2.24) is 15.2 Å². The molecule has 3 aromatic rings. The first kappa shape index (κ1) is 14.5. The minimum Gasteiger partial charge on any atom is -0.508 e. The molecule has 8 nitrogen and oxygen atoms in total. The molecule has 0 unspecified atom stereocenters. The Bertz CT molecular complexity index is 858. The molecule has 2 N–H and O–H groups in total. The summed E-state index contributed by atoms with van der Waals surface area (Å²) in [6, 6.07) is 10.6. The van der Waals surface area contributed by atoms with Gasteiger partial charge < -0.3 is 9.84 Å². The van der Waals surface area contributed by atoms with Gasteiger partial charge in [0.1, 0.15) is 11.5 Å². The number of nitrogens with one attached hydrogen (secondary N) is 1. The van der Waals surface area contributed by atoms with Gasteiger partial charge in [0.25, 0.3) is 5.69 Å². The monoisotopic (exact) mass is 312 g/mol. The van der Waals surface area contributed by atoms with Gasteiger partial charge in [-0.05, 0) is 30.3 Å². The summed E-state index contributed by atoms with van der Waals surface area (Å²) < 4.78 is 5.22. The van der Waals surface area contributed by atoms with Crippen molar-refractivity contribution in [2.24, 2.45) is 0 Å². The highest BCUT2D eigenvalue weighted by molar-refractivity contribution is 5.69. The van der Waals surface area contributed by atoms with Crippen LogP contribution in [0.25, 0.3) is 22.8 Å². The Morgan fingerprint density at radius 3 is 2.61 bits per heavy atom. The minimum absolute atomic E-state index is 0.0663. The number of ether oxygens (including phenoxy) is 1. The number of nitrogens with zero attached hydrogens (tertiary/aromatic N) is 3. The van der Waals surface area contributed by atoms with Crippen LogP contribution in [0, 0.1) is 10.1 Å². The van der Waals surface area contributed by atoms with Crippen molar-refractivity contribution in [2.45, 2.75) is 0 Å². The summed E-state index contributed by atoms with van der Waals surface area (Å²) in [5.41, 5.74) is 1.08. The lowest BCUT2D eigenvalue weighted by atomic mass is 10.1. The van der Waals surface area contributed by atoms with Crippen molar-refractivity contribution in [3.05, 3.63) is 52.6 Å². The number of phenolic OH excluding ortho intramolecular Hbond substituents is 1. The summed E-state index contributed by atoms with van der Waals surface area (Å²) in [4.78, 5) is 14.8. The fourth-order valence-electron chi connectivity index (χ4n) is 2.12. The standard InChI is InChI=1S/C15H12N4O4/c1-23-13-7-4-10(19(21)22)8-12(13)15-16-14(17-18-15)9-2-5-11(20)6-3-9/h2-8,20H,1H3,(H,16,17,18). The van der Waals surface area contributed by atoms with E-state index < -0.39 is 4.92 Å². The van der Waals surface area contributed by atoms with Gasteiger partial charge in [0.15, 0.2) is 11.6 Å². The molecule has 0 spiro atoms. The van der Waals surface area contributed by atoms with Crippen molar-refractivity contribution in [3.63, 3.8) is 0 Å². The molecule has 0 fully saturated rings. The zero-order valence-corrected chi connectivity index (χ0v) is 12.1. The third-order valence-corrected chi connectivity index (χ3v) is 3.26. The average Bonchev–Trinajstić information content (AvgIpc) is 3.04. The summed E-state index contributed by atoms with van der Waals surface area (Å²) in [5, 5.41) is 27.1. The molecule has 0 saturated heterocycles. The fourth-order valence-corrected chi connectivity index (χ4v) is 2.12. The van der Waals surface area contributed by atoms with Gasteiger partial charge in [-0.25, -0.2) is 4.98 Å². The molecule has 0 aliphatic carbocycles. The number of hydrogen-bond acceptors (Lipinski definition) is 6. The molecule has 0 atom stereocenters. The van der Waals surface area contributed by atoms with Crippen LogP contribution in [-0.2, 0) is 0 Å². The lowest BCUT2D eigenvalue weighted by Crippen LogP contribution is -1.93. The Hall–Kier alpha value is -3.42. The van der Waals surface area contributed by atoms with Crippen molar-refractivity contribution < 1.29 is 14.8 Å². The predicted molar refractivity (Wildman–Crippen MR) is 82.1 cm³/mol. The van der Waals surface area contributed by atoms with E-state index in [4.69, 9.17) is 4.74 Å². The Balaban J connectivity index is 2.04. The Morgan fingerprint density at radius 1 is 1.22 bits per heavy atom. The number of aromatic amines is 1. The maximum atomic E-state index is 10.9. The van der Waals surface area contributed by atoms with E-state index in [0.717, 1.165) is 0 Å². The smallest absolute Gasteiger partial charge is 0.270 e. The van der Waals surface area contributed by atoms with Crippen molar-refractivity contribution in [1.29, 1.82) is 0 Å². The van der Waals surface area contributed by atoms with Crippen LogP contribution >= 0.6 is 0 Å². The number of nitro benzene ring substituents is 1. The first-order valence-corrected chi connectivity index (χ1v) is 6.63. The van der Waals surface area contributed by atoms with Crippen molar-refractivity contribution >= 4 is 5.69 Å². The van der Waals surface area contributed by atoms with Crippen molar-refractivity contribution in [3.8, 4) is 34.3 Å². The van der Waals surface area contributed by atoms with Gasteiger partial charge in [-0.1, -0.05) is 0 Å². The number of benzene rings is 2. The molecule has 0 saturated carbocycles. The lowest BCUT2D eigenvalue weighted by Gasteiger charge is -2.05. The van der Waals surface area contributed by atoms with Crippen LogP contribution in [0.2, 0.25) is 0 Å². The molecule has 8 heteroatoms. The SMILES string of the molecule is COc1ccc([N+](=O)[O-])cc1-c1nc(-c2ccc(O)cc2)n[nH]1. The van der Waals surface area contributed by atoms with Gasteiger partial charge in [0, 0.05) is 17.7 Å². The van der Waals surface area contributed by atoms with Gasteiger partial charge in [0.05, 0.1) is 17.6 Å². The summed E-state index contributed by atoms with van der Waals surface area (Å²) in [6.07, 6.45) is 0. The highest BCUT2D eigenvalue weighted by atomic mass is 16.6. The highest BCUT2D eigenvalue weighted by Crippen LogP contribution is 2.32. The van der Waals surface area contributed by atoms with E-state index in [1.807, 2.05) is 0 Å². The second kappa shape index (κ2) is 5.76. The Kier molecular flexibility index (Phi) is 3.63. The number of aromatic nitrogens is 3. The van der Waals surface area contributed by atoms with Crippen LogP contribution in [0.1, 0.15) is 0 Å². The van der Waals surface area contributed by atoms with Gasteiger partial charge in [-0.15, -0.1) is 0 Å². The first-order chi connectivity index (χ1) is 11.1. The van der Waals surface area contributed by atoms with E-state index in [0.29, 0.717) is 28.5 Å². The van der Waals surface area contributed by atoms with Crippen LogP contribution in [0.5, 0.6) is 11.5 Å². The van der Waals surface area contributed by atoms with Crippen LogP contribution in [0.15, 0.2) is 42.5 Å². The molecule has 0 amide bonds. The third kappa shape index (κ3) is 2.82. The molecule has 1 heterocycles. The zero-order valence-electron chi connectivity index (χ0n) is 12.1. The second-order valence-electron chi connectivity index (χ2n) is 4.70. The quantitative estimate of drug-likeness (QED) is 0.565. The number of non-ortho nitro benzene ring substituents is 1. The molecule has 1 aromatic heterocycles. The van der Waals surface area contributed by atoms with Crippen LogP contribution in [-0.4, -0.2) is 32.3 Å². The normalized spacial score (nSPS) is 10.5. The largest absolute Gasteiger partial charge is 0.508 e. The lowest BCUT2D eigenvalue weighted by molar-refractivity contribution is -0.384. The van der Waals surface area contributed by atoms with Crippen LogP contribution < -0.4 is 4.74 Å². The topological polar surface area (TPSA) is 114 Å². The molecule has 2 aromatic carbocycles. The van der Waals surface area contributed by atoms with E-state index in [1.54, 1.807) is 12.1 Å². The fraction of sp³-hybridized carbons (Fsp3) is 0.0667. The average molecular weight is 312 g/mol. The van der Waals surface area contributed by atoms with Crippen molar-refractivity contribution in [2.75, 3.05) is 7.11 Å². The Morgan fingerprint density at radius 2 is 1.96 bits per heavy atom. The number of hydrogen-bond donors (Lipinski definition) is 2. The van der Waals surface area contributed by atoms with E-state index in [-0.39, 0.29) is 11.4 Å². The van der Waals surface area contributed by atoms with Crippen LogP contribution in [0.4, 0.5) is 5.69 Å². The maximum Gasteiger partial charge on any atom is 0.270 e. The number of rotatable bonds is 4.